The van der Waals surface area contributed by atoms with Gasteiger partial charge >= 0.3 is 0 Å². The first-order valence-electron chi connectivity index (χ1n) is 9.06. The van der Waals surface area contributed by atoms with Gasteiger partial charge in [-0.2, -0.15) is 11.3 Å². The highest BCUT2D eigenvalue weighted by Crippen LogP contribution is 2.11. The number of thiophene rings is 1. The van der Waals surface area contributed by atoms with Crippen LogP contribution >= 0.6 is 11.3 Å². The molecule has 4 nitrogen and oxygen atoms in total. The van der Waals surface area contributed by atoms with Gasteiger partial charge in [0.05, 0.1) is 19.7 Å². The van der Waals surface area contributed by atoms with E-state index in [9.17, 15) is 0 Å². The van der Waals surface area contributed by atoms with Crippen molar-refractivity contribution in [1.82, 2.24) is 4.90 Å². The van der Waals surface area contributed by atoms with Crippen molar-refractivity contribution in [3.8, 4) is 23.7 Å². The first-order chi connectivity index (χ1) is 13.5. The molecule has 2 aromatic rings. The van der Waals surface area contributed by atoms with E-state index in [0.717, 1.165) is 11.5 Å². The summed E-state index contributed by atoms with van der Waals surface area (Å²) in [5, 5.41) is 4.16. The van der Waals surface area contributed by atoms with Crippen molar-refractivity contribution in [2.45, 2.75) is 32.6 Å². The summed E-state index contributed by atoms with van der Waals surface area (Å²) in [6.45, 7) is 6.13. The lowest BCUT2D eigenvalue weighted by atomic mass is 10.1. The third kappa shape index (κ3) is 8.61. The van der Waals surface area contributed by atoms with Gasteiger partial charge in [-0.15, -0.1) is 0 Å². The lowest BCUT2D eigenvalue weighted by Gasteiger charge is -2.13. The molecule has 0 atom stereocenters. The number of hydrogen-bond donors (Lipinski definition) is 0. The molecule has 0 bridgehead atoms. The zero-order valence-corrected chi connectivity index (χ0v) is 17.8. The molecular formula is C23H27NO3S. The van der Waals surface area contributed by atoms with Gasteiger partial charge in [-0.1, -0.05) is 24.0 Å². The Hall–Kier alpha value is -2.28. The lowest BCUT2D eigenvalue weighted by Crippen LogP contribution is -2.19. The van der Waals surface area contributed by atoms with Crippen LogP contribution in [0.2, 0.25) is 0 Å². The van der Waals surface area contributed by atoms with E-state index in [-0.39, 0.29) is 0 Å². The predicted molar refractivity (Wildman–Crippen MR) is 115 cm³/mol. The molecule has 0 unspecified atom stereocenters. The molecule has 0 radical (unpaired) electrons. The minimum absolute atomic E-state index is 0.461. The van der Waals surface area contributed by atoms with Crippen LogP contribution in [0.25, 0.3) is 6.08 Å². The number of methoxy groups -OCH3 is 1. The summed E-state index contributed by atoms with van der Waals surface area (Å²) in [7, 11) is 3.63. The molecule has 0 fully saturated rings. The monoisotopic (exact) mass is 397 g/mol. The largest absolute Gasteiger partial charge is 0.462 e. The van der Waals surface area contributed by atoms with Crippen molar-refractivity contribution in [3.63, 3.8) is 0 Å². The summed E-state index contributed by atoms with van der Waals surface area (Å²) in [6.07, 6.45) is 4.07. The molecule has 0 saturated heterocycles. The smallest absolute Gasteiger partial charge is 0.129 e. The summed E-state index contributed by atoms with van der Waals surface area (Å²) in [5.74, 6) is 13.4. The van der Waals surface area contributed by atoms with Crippen LogP contribution in [0.15, 0.2) is 39.5 Å². The number of hydrogen-bond acceptors (Lipinski definition) is 5. The summed E-state index contributed by atoms with van der Waals surface area (Å²) in [5.41, 5.74) is 0.737. The van der Waals surface area contributed by atoms with Crippen molar-refractivity contribution < 1.29 is 13.9 Å². The zero-order chi connectivity index (χ0) is 20.2. The van der Waals surface area contributed by atoms with Gasteiger partial charge in [-0.25, -0.2) is 0 Å². The molecular weight excluding hydrogens is 370 g/mol. The van der Waals surface area contributed by atoms with E-state index >= 15 is 0 Å². The fraction of sp³-hybridized carbons (Fsp3) is 0.391. The molecule has 0 aromatic carbocycles. The topological polar surface area (TPSA) is 34.8 Å². The maximum atomic E-state index is 5.81. The normalized spacial score (nSPS) is 11.3. The van der Waals surface area contributed by atoms with Crippen LogP contribution in [0.4, 0.5) is 0 Å². The van der Waals surface area contributed by atoms with Crippen molar-refractivity contribution in [3.05, 3.63) is 52.1 Å². The van der Waals surface area contributed by atoms with Gasteiger partial charge in [0, 0.05) is 7.11 Å². The first-order valence-corrected chi connectivity index (χ1v) is 10.0. The maximum absolute atomic E-state index is 5.81. The molecule has 5 heteroatoms. The second-order valence-corrected chi connectivity index (χ2v) is 7.56. The minimum Gasteiger partial charge on any atom is -0.462 e. The van der Waals surface area contributed by atoms with Gasteiger partial charge in [0.2, 0.25) is 0 Å². The highest BCUT2D eigenvalue weighted by atomic mass is 32.1. The van der Waals surface area contributed by atoms with Crippen molar-refractivity contribution >= 4 is 17.4 Å². The van der Waals surface area contributed by atoms with Crippen LogP contribution in [0, 0.1) is 23.7 Å². The van der Waals surface area contributed by atoms with Gasteiger partial charge in [-0.3, -0.25) is 4.90 Å². The lowest BCUT2D eigenvalue weighted by molar-refractivity contribution is 0.0742. The van der Waals surface area contributed by atoms with Crippen LogP contribution in [0.5, 0.6) is 0 Å². The molecule has 2 rings (SSSR count). The summed E-state index contributed by atoms with van der Waals surface area (Å²) >= 11 is 1.69. The van der Waals surface area contributed by atoms with Crippen LogP contribution in [-0.4, -0.2) is 37.8 Å². The molecule has 0 spiro atoms. The predicted octanol–water partition coefficient (Wildman–Crippen LogP) is 4.43. The highest BCUT2D eigenvalue weighted by molar-refractivity contribution is 7.08. The van der Waals surface area contributed by atoms with Gasteiger partial charge < -0.3 is 13.9 Å². The van der Waals surface area contributed by atoms with E-state index < -0.39 is 5.60 Å². The van der Waals surface area contributed by atoms with Gasteiger partial charge in [0.15, 0.2) is 0 Å². The van der Waals surface area contributed by atoms with Crippen LogP contribution in [-0.2, 0) is 22.6 Å². The number of furan rings is 1. The average molecular weight is 398 g/mol. The standard InChI is InChI=1S/C23H27NO3S/c1-23(2,25-4)13-6-5-7-14-24(3)17-21-10-11-22(27-21)18-26-15-8-9-20-12-16-28-19-20/h8-12,16,19H,14-15,17-18H2,1-4H3/b9-8+. The first kappa shape index (κ1) is 22.0. The van der Waals surface area contributed by atoms with Crippen LogP contribution < -0.4 is 0 Å². The van der Waals surface area contributed by atoms with Gasteiger partial charge in [0.1, 0.15) is 23.7 Å². The van der Waals surface area contributed by atoms with E-state index in [4.69, 9.17) is 13.9 Å². The Morgan fingerprint density at radius 1 is 1.21 bits per heavy atom. The Bertz CT molecular complexity index is 857. The summed E-state index contributed by atoms with van der Waals surface area (Å²) < 4.78 is 16.7. The molecule has 0 amide bonds. The van der Waals surface area contributed by atoms with Crippen LogP contribution in [0.1, 0.15) is 30.9 Å². The van der Waals surface area contributed by atoms with Gasteiger partial charge in [-0.05, 0) is 67.3 Å². The Balaban J connectivity index is 1.69. The zero-order valence-electron chi connectivity index (χ0n) is 17.0. The molecule has 2 heterocycles. The fourth-order valence-corrected chi connectivity index (χ4v) is 2.77. The summed E-state index contributed by atoms with van der Waals surface area (Å²) in [4.78, 5) is 2.07. The van der Waals surface area contributed by atoms with E-state index in [0.29, 0.717) is 26.3 Å². The highest BCUT2D eigenvalue weighted by Gasteiger charge is 2.10. The second kappa shape index (κ2) is 11.5. The Kier molecular flexibility index (Phi) is 9.07. The maximum Gasteiger partial charge on any atom is 0.129 e. The molecule has 0 aliphatic rings. The van der Waals surface area contributed by atoms with E-state index in [1.165, 1.54) is 5.56 Å². The second-order valence-electron chi connectivity index (χ2n) is 6.78. The Morgan fingerprint density at radius 3 is 2.79 bits per heavy atom. The molecule has 0 saturated carbocycles. The SMILES string of the molecule is COC(C)(C)C#CC#CCN(C)Cc1ccc(COC/C=C/c2ccsc2)o1. The van der Waals surface area contributed by atoms with Gasteiger partial charge in [0.25, 0.3) is 0 Å². The van der Waals surface area contributed by atoms with Crippen LogP contribution in [0.3, 0.4) is 0 Å². The quantitative estimate of drug-likeness (QED) is 0.463. The summed E-state index contributed by atoms with van der Waals surface area (Å²) in [6, 6.07) is 6.01. The molecule has 0 aliphatic heterocycles. The molecule has 148 valence electrons. The van der Waals surface area contributed by atoms with E-state index in [2.05, 4.69) is 51.5 Å². The number of nitrogens with zero attached hydrogens (tertiary/aromatic N) is 1. The number of ether oxygens (including phenoxy) is 2. The van der Waals surface area contributed by atoms with Crippen molar-refractivity contribution in [2.75, 3.05) is 27.3 Å². The molecule has 28 heavy (non-hydrogen) atoms. The molecule has 0 aliphatic carbocycles. The average Bonchev–Trinajstić information content (AvgIpc) is 3.33. The molecule has 0 N–H and O–H groups in total. The Labute approximate surface area is 172 Å². The van der Waals surface area contributed by atoms with Crippen molar-refractivity contribution in [2.24, 2.45) is 0 Å². The Morgan fingerprint density at radius 2 is 2.04 bits per heavy atom. The minimum atomic E-state index is -0.465. The third-order valence-electron chi connectivity index (χ3n) is 3.83. The fourth-order valence-electron chi connectivity index (χ4n) is 2.14. The van der Waals surface area contributed by atoms with E-state index in [1.54, 1.807) is 18.4 Å². The van der Waals surface area contributed by atoms with Crippen molar-refractivity contribution in [1.29, 1.82) is 0 Å². The third-order valence-corrected chi connectivity index (χ3v) is 4.53. The molecule has 2 aromatic heterocycles. The number of rotatable bonds is 9. The van der Waals surface area contributed by atoms with E-state index in [1.807, 2.05) is 39.1 Å².